The van der Waals surface area contributed by atoms with Crippen molar-refractivity contribution in [3.63, 3.8) is 0 Å². The molecule has 0 saturated carbocycles. The Morgan fingerprint density at radius 3 is 2.06 bits per heavy atom. The maximum atomic E-state index is 10.1. The van der Waals surface area contributed by atoms with Crippen LogP contribution < -0.4 is 0 Å². The minimum atomic E-state index is -0.424. The van der Waals surface area contributed by atoms with Gasteiger partial charge in [-0.05, 0) is 31.6 Å². The quantitative estimate of drug-likeness (QED) is 0.560. The average molecular weight is 242 g/mol. The van der Waals surface area contributed by atoms with E-state index in [0.29, 0.717) is 0 Å². The zero-order valence-corrected chi connectivity index (χ0v) is 12.8. The minimum Gasteiger partial charge on any atom is -0.390 e. The van der Waals surface area contributed by atoms with Crippen LogP contribution in [0.2, 0.25) is 0 Å². The van der Waals surface area contributed by atoms with E-state index in [4.69, 9.17) is 0 Å². The van der Waals surface area contributed by atoms with Crippen LogP contribution in [0.5, 0.6) is 0 Å². The fraction of sp³-hybridized carbons (Fsp3) is 1.00. The molecule has 0 aromatic carbocycles. The molecular formula is C16H34O. The summed E-state index contributed by atoms with van der Waals surface area (Å²) in [4.78, 5) is 0. The molecule has 0 spiro atoms. The van der Waals surface area contributed by atoms with Crippen molar-refractivity contribution in [2.45, 2.75) is 91.6 Å². The summed E-state index contributed by atoms with van der Waals surface area (Å²) in [5.74, 6) is 1.67. The summed E-state index contributed by atoms with van der Waals surface area (Å²) in [5, 5.41) is 10.1. The van der Waals surface area contributed by atoms with Crippen LogP contribution in [0, 0.1) is 11.8 Å². The summed E-state index contributed by atoms with van der Waals surface area (Å²) in [6.07, 6.45) is 9.52. The van der Waals surface area contributed by atoms with Gasteiger partial charge in [0, 0.05) is 0 Å². The third-order valence-electron chi connectivity index (χ3n) is 3.68. The van der Waals surface area contributed by atoms with Gasteiger partial charge in [0.05, 0.1) is 5.60 Å². The number of hydrogen-bond acceptors (Lipinski definition) is 1. The molecule has 0 saturated heterocycles. The molecule has 0 aliphatic heterocycles. The molecule has 0 aromatic rings. The fourth-order valence-corrected chi connectivity index (χ4v) is 2.51. The summed E-state index contributed by atoms with van der Waals surface area (Å²) in [6.45, 7) is 11.1. The van der Waals surface area contributed by atoms with Crippen LogP contribution in [0.25, 0.3) is 0 Å². The van der Waals surface area contributed by atoms with Crippen LogP contribution in [0.4, 0.5) is 0 Å². The normalized spacial score (nSPS) is 17.1. The van der Waals surface area contributed by atoms with Crippen molar-refractivity contribution in [3.05, 3.63) is 0 Å². The number of rotatable bonds is 10. The van der Waals surface area contributed by atoms with E-state index in [1.54, 1.807) is 0 Å². The number of aliphatic hydroxyl groups is 1. The van der Waals surface area contributed by atoms with Crippen molar-refractivity contribution < 1.29 is 5.11 Å². The van der Waals surface area contributed by atoms with Gasteiger partial charge in [0.15, 0.2) is 0 Å². The molecule has 0 radical (unpaired) electrons. The van der Waals surface area contributed by atoms with Gasteiger partial charge in [-0.15, -0.1) is 0 Å². The highest BCUT2D eigenvalue weighted by Gasteiger charge is 2.18. The number of hydrogen-bond donors (Lipinski definition) is 1. The molecule has 0 amide bonds. The summed E-state index contributed by atoms with van der Waals surface area (Å²) in [7, 11) is 0. The Kier molecular flexibility index (Phi) is 8.94. The van der Waals surface area contributed by atoms with Crippen LogP contribution in [-0.4, -0.2) is 10.7 Å². The van der Waals surface area contributed by atoms with Gasteiger partial charge in [-0.3, -0.25) is 0 Å². The first-order chi connectivity index (χ1) is 7.87. The molecular weight excluding hydrogens is 208 g/mol. The molecule has 0 bridgehead atoms. The molecule has 0 heterocycles. The van der Waals surface area contributed by atoms with Gasteiger partial charge < -0.3 is 5.11 Å². The van der Waals surface area contributed by atoms with Crippen LogP contribution in [0.3, 0.4) is 0 Å². The zero-order valence-electron chi connectivity index (χ0n) is 12.8. The van der Waals surface area contributed by atoms with Gasteiger partial charge >= 0.3 is 0 Å². The van der Waals surface area contributed by atoms with Crippen molar-refractivity contribution >= 4 is 0 Å². The maximum Gasteiger partial charge on any atom is 0.0619 e. The first-order valence-corrected chi connectivity index (χ1v) is 7.59. The van der Waals surface area contributed by atoms with Gasteiger partial charge in [0.1, 0.15) is 0 Å². The maximum absolute atomic E-state index is 10.1. The zero-order chi connectivity index (χ0) is 13.3. The molecule has 104 valence electrons. The molecule has 1 N–H and O–H groups in total. The van der Waals surface area contributed by atoms with Gasteiger partial charge in [-0.1, -0.05) is 66.2 Å². The highest BCUT2D eigenvalue weighted by Crippen LogP contribution is 2.23. The molecule has 1 nitrogen and oxygen atoms in total. The largest absolute Gasteiger partial charge is 0.390 e. The van der Waals surface area contributed by atoms with Crippen LogP contribution in [0.15, 0.2) is 0 Å². The van der Waals surface area contributed by atoms with Gasteiger partial charge in [0.25, 0.3) is 0 Å². The molecule has 1 heteroatoms. The molecule has 0 unspecified atom stereocenters. The SMILES string of the molecule is CCC[C@@](C)(O)CCC[C@@H](C)CCCC(C)C. The van der Waals surface area contributed by atoms with E-state index in [-0.39, 0.29) is 0 Å². The summed E-state index contributed by atoms with van der Waals surface area (Å²) in [5.41, 5.74) is -0.424. The van der Waals surface area contributed by atoms with E-state index < -0.39 is 5.60 Å². The second kappa shape index (κ2) is 8.97. The van der Waals surface area contributed by atoms with Crippen molar-refractivity contribution in [3.8, 4) is 0 Å². The van der Waals surface area contributed by atoms with E-state index in [0.717, 1.165) is 31.1 Å². The standard InChI is InChI=1S/C16H34O/c1-6-12-16(5,17)13-8-11-15(4)10-7-9-14(2)3/h14-15,17H,6-13H2,1-5H3/t15-,16+/m0/s1. The Balaban J connectivity index is 3.53. The Morgan fingerprint density at radius 1 is 0.941 bits per heavy atom. The lowest BCUT2D eigenvalue weighted by Crippen LogP contribution is -2.23. The van der Waals surface area contributed by atoms with Gasteiger partial charge in [-0.2, -0.15) is 0 Å². The Morgan fingerprint density at radius 2 is 1.53 bits per heavy atom. The average Bonchev–Trinajstić information content (AvgIpc) is 2.16. The Hall–Kier alpha value is -0.0400. The van der Waals surface area contributed by atoms with Gasteiger partial charge in [-0.25, -0.2) is 0 Å². The molecule has 0 fully saturated rings. The van der Waals surface area contributed by atoms with Crippen molar-refractivity contribution in [2.75, 3.05) is 0 Å². The predicted molar refractivity (Wildman–Crippen MR) is 77.2 cm³/mol. The van der Waals surface area contributed by atoms with Crippen molar-refractivity contribution in [2.24, 2.45) is 11.8 Å². The van der Waals surface area contributed by atoms with Crippen molar-refractivity contribution in [1.82, 2.24) is 0 Å². The molecule has 0 aliphatic carbocycles. The molecule has 0 rings (SSSR count). The highest BCUT2D eigenvalue weighted by molar-refractivity contribution is 4.72. The van der Waals surface area contributed by atoms with E-state index in [9.17, 15) is 5.11 Å². The molecule has 17 heavy (non-hydrogen) atoms. The minimum absolute atomic E-state index is 0.424. The van der Waals surface area contributed by atoms with E-state index in [1.165, 1.54) is 32.1 Å². The second-order valence-corrected chi connectivity index (χ2v) is 6.57. The predicted octanol–water partition coefficient (Wildman–Crippen LogP) is 5.17. The fourth-order valence-electron chi connectivity index (χ4n) is 2.51. The smallest absolute Gasteiger partial charge is 0.0619 e. The van der Waals surface area contributed by atoms with E-state index in [2.05, 4.69) is 27.7 Å². The van der Waals surface area contributed by atoms with E-state index >= 15 is 0 Å². The lowest BCUT2D eigenvalue weighted by molar-refractivity contribution is 0.0376. The lowest BCUT2D eigenvalue weighted by Gasteiger charge is -2.23. The van der Waals surface area contributed by atoms with Crippen LogP contribution in [0.1, 0.15) is 86.0 Å². The third kappa shape index (κ3) is 10.8. The first-order valence-electron chi connectivity index (χ1n) is 7.59. The summed E-state index contributed by atoms with van der Waals surface area (Å²) in [6, 6.07) is 0. The topological polar surface area (TPSA) is 20.2 Å². The highest BCUT2D eigenvalue weighted by atomic mass is 16.3. The van der Waals surface area contributed by atoms with Crippen molar-refractivity contribution in [1.29, 1.82) is 0 Å². The lowest BCUT2D eigenvalue weighted by atomic mass is 9.90. The molecule has 2 atom stereocenters. The van der Waals surface area contributed by atoms with Crippen LogP contribution in [-0.2, 0) is 0 Å². The first kappa shape index (κ1) is 17.0. The molecule has 0 aliphatic rings. The molecule has 0 aromatic heterocycles. The Bertz CT molecular complexity index is 172. The Labute approximate surface area is 109 Å². The van der Waals surface area contributed by atoms with Crippen LogP contribution >= 0.6 is 0 Å². The second-order valence-electron chi connectivity index (χ2n) is 6.57. The monoisotopic (exact) mass is 242 g/mol. The van der Waals surface area contributed by atoms with E-state index in [1.807, 2.05) is 6.92 Å². The van der Waals surface area contributed by atoms with Gasteiger partial charge in [0.2, 0.25) is 0 Å². The summed E-state index contributed by atoms with van der Waals surface area (Å²) < 4.78 is 0. The third-order valence-corrected chi connectivity index (χ3v) is 3.68. The summed E-state index contributed by atoms with van der Waals surface area (Å²) >= 11 is 0.